The van der Waals surface area contributed by atoms with E-state index < -0.39 is 217 Å². The van der Waals surface area contributed by atoms with Crippen LogP contribution in [0.15, 0.2) is 96.3 Å². The predicted octanol–water partition coefficient (Wildman–Crippen LogP) is 11.4. The van der Waals surface area contributed by atoms with Crippen LogP contribution in [0, 0.1) is 55.7 Å². The normalized spacial score (nSPS) is 13.5. The molecule has 0 fully saturated rings. The minimum atomic E-state index is -6.23. The van der Waals surface area contributed by atoms with Crippen molar-refractivity contribution in [2.24, 2.45) is 57.3 Å². The fraction of sp³-hybridized carbons (Fsp3) is 0.273. The van der Waals surface area contributed by atoms with Crippen molar-refractivity contribution in [3.63, 3.8) is 0 Å². The molecule has 0 unspecified atom stereocenters. The van der Waals surface area contributed by atoms with Crippen LogP contribution in [0.3, 0.4) is 0 Å². The number of halogens is 15. The molecule has 113 heavy (non-hydrogen) atoms. The first-order chi connectivity index (χ1) is 52.8. The van der Waals surface area contributed by atoms with Crippen molar-refractivity contribution in [1.82, 2.24) is 41.1 Å². The molecule has 0 atom stereocenters. The molecule has 12 rings (SSSR count). The Morgan fingerprint density at radius 3 is 0.867 bits per heavy atom. The van der Waals surface area contributed by atoms with Gasteiger partial charge in [0.25, 0.3) is 34.4 Å². The number of thiophene rings is 3. The van der Waals surface area contributed by atoms with Gasteiger partial charge < -0.3 is 0 Å². The van der Waals surface area contributed by atoms with E-state index in [4.69, 9.17) is 13.6 Å². The summed E-state index contributed by atoms with van der Waals surface area (Å²) in [4.78, 5) is 134. The van der Waals surface area contributed by atoms with E-state index in [1.807, 2.05) is 0 Å². The zero-order valence-corrected chi connectivity index (χ0v) is 64.5. The highest BCUT2D eigenvalue weighted by atomic mass is 32.1. The van der Waals surface area contributed by atoms with E-state index in [1.165, 1.54) is 41.9 Å². The third-order valence-electron chi connectivity index (χ3n) is 17.8. The average Bonchev–Trinajstić information content (AvgIpc) is 1.42. The second kappa shape index (κ2) is 30.4. The molecule has 0 aliphatic heterocycles. The van der Waals surface area contributed by atoms with Gasteiger partial charge in [0.2, 0.25) is 0 Å². The molecule has 0 N–H and O–H groups in total. The Morgan fingerprint density at radius 2 is 0.637 bits per heavy atom. The Morgan fingerprint density at radius 1 is 0.398 bits per heavy atom. The maximum absolute atomic E-state index is 16.6. The summed E-state index contributed by atoms with van der Waals surface area (Å²) in [6.45, 7) is -0.590. The Hall–Kier alpha value is -10.1. The van der Waals surface area contributed by atoms with Gasteiger partial charge in [-0.15, -0.1) is 68.0 Å². The molecular weight excluding hydrogens is 1680 g/mol. The van der Waals surface area contributed by atoms with Crippen LogP contribution < -0.4 is 48.2 Å². The smallest absolute Gasteiger partial charge is 0.292 e. The summed E-state index contributed by atoms with van der Waals surface area (Å²) >= 11 is 3.58. The Labute approximate surface area is 642 Å². The molecule has 47 heteroatoms. The second-order valence-electron chi connectivity index (χ2n) is 24.7. The standard InChI is InChI=1S/C66H48F15N12O13PS6/c1-25-31(43-52(97)85(4)61(100)88(7)55(43)111-25)16-40(94)82-58-91(37(19-108-58)28-10-13-34(67)46(49(28)70)64(73,74)75)22-104-107(103,105-23-92-38(29-11-14-35(68)47(50(29)71)65(76,77)78)20-109-59(92)83-41(95)17-32-26(2)112-56-44(32)53(98)86(5)62(101)89(56)8)106-24-93-39(30-12-15-36(69)48(51(30)72)66(79,80)81)21-110-60(93)84-42(96)18-33-27(3)113-57-45(33)54(99)87(6)63(102)90(57)9/h10-15,19-21H,16-18,22-24H2,1-9H3. The van der Waals surface area contributed by atoms with Crippen molar-refractivity contribution in [2.45, 2.75) is 78.8 Å². The number of hydrogen-bond donors (Lipinski definition) is 0. The lowest BCUT2D eigenvalue weighted by Gasteiger charge is -2.21. The van der Waals surface area contributed by atoms with Gasteiger partial charge in [-0.05, 0) is 73.9 Å². The Balaban J connectivity index is 1.05. The SMILES string of the molecule is Cc1sc2c(c1CC(=O)N=c1scc(-c3ccc(F)c(C(F)(F)F)c3F)n1COP(=O)(OCn1c(-c3ccc(F)c(C(F)(F)F)c3F)csc1=NC(=O)Cc1c(C)sc3c1c(=O)n(C)c(=O)n3C)OCn1c(-c3ccc(F)c(C(F)(F)F)c3F)csc1=NC(=O)Cc1c(C)sc3c1c(=O)n(C)c(=O)n3C)c(=O)n(C)c(=O)n2C. The number of nitrogens with zero attached hydrogens (tertiary/aromatic N) is 12. The van der Waals surface area contributed by atoms with Gasteiger partial charge in [0.15, 0.2) is 14.4 Å². The summed E-state index contributed by atoms with van der Waals surface area (Å²) in [6, 6.07) is 1.89. The first kappa shape index (κ1) is 82.4. The summed E-state index contributed by atoms with van der Waals surface area (Å²) in [5, 5.41) is 2.00. The summed E-state index contributed by atoms with van der Waals surface area (Å²) < 4.78 is 267. The van der Waals surface area contributed by atoms with Gasteiger partial charge in [0.1, 0.15) is 86.3 Å². The van der Waals surface area contributed by atoms with Gasteiger partial charge in [-0.2, -0.15) is 54.5 Å². The van der Waals surface area contributed by atoms with Gasteiger partial charge in [-0.3, -0.25) is 83.4 Å². The van der Waals surface area contributed by atoms with Crippen molar-refractivity contribution in [3.05, 3.63) is 212 Å². The molecule has 596 valence electrons. The highest BCUT2D eigenvalue weighted by Gasteiger charge is 2.43. The molecule has 0 aliphatic rings. The third-order valence-corrected chi connectivity index (χ3v) is 25.3. The summed E-state index contributed by atoms with van der Waals surface area (Å²) in [5.41, 5.74) is -18.6. The number of benzene rings is 3. The van der Waals surface area contributed by atoms with Crippen molar-refractivity contribution in [2.75, 3.05) is 0 Å². The number of aryl methyl sites for hydroxylation is 6. The van der Waals surface area contributed by atoms with Crippen molar-refractivity contribution in [1.29, 1.82) is 0 Å². The summed E-state index contributed by atoms with van der Waals surface area (Å²) in [5.74, 6) is -17.2. The quantitative estimate of drug-likeness (QED) is 0.0571. The molecule has 9 aromatic heterocycles. The Bertz CT molecular complexity index is 6140. The van der Waals surface area contributed by atoms with Crippen molar-refractivity contribution < 1.29 is 98.4 Å². The number of phosphoric ester groups is 1. The van der Waals surface area contributed by atoms with Crippen LogP contribution in [-0.4, -0.2) is 58.8 Å². The zero-order chi connectivity index (χ0) is 82.8. The fourth-order valence-electron chi connectivity index (χ4n) is 12.1. The lowest BCUT2D eigenvalue weighted by atomic mass is 10.1. The monoisotopic (exact) mass is 1720 g/mol. The molecule has 3 amide bonds. The van der Waals surface area contributed by atoms with Gasteiger partial charge in [-0.1, -0.05) is 0 Å². The molecule has 0 radical (unpaired) electrons. The van der Waals surface area contributed by atoms with Crippen molar-refractivity contribution >= 4 is 124 Å². The van der Waals surface area contributed by atoms with Crippen LogP contribution in [0.5, 0.6) is 0 Å². The topological polar surface area (TPSA) is 280 Å². The number of carbonyl (C=O) groups excluding carboxylic acids is 3. The maximum atomic E-state index is 16.6. The van der Waals surface area contributed by atoms with Crippen LogP contribution >= 0.6 is 75.8 Å². The number of thiazole rings is 3. The van der Waals surface area contributed by atoms with Crippen LogP contribution in [0.4, 0.5) is 65.9 Å². The van der Waals surface area contributed by atoms with Gasteiger partial charge in [0.05, 0.1) is 52.5 Å². The largest absolute Gasteiger partial charge is 0.480 e. The first-order valence-electron chi connectivity index (χ1n) is 31.8. The summed E-state index contributed by atoms with van der Waals surface area (Å²) in [6.07, 6.45) is -19.9. The lowest BCUT2D eigenvalue weighted by molar-refractivity contribution is -0.143. The lowest BCUT2D eigenvalue weighted by Crippen LogP contribution is -2.36. The van der Waals surface area contributed by atoms with Gasteiger partial charge in [-0.25, -0.2) is 45.3 Å². The Kier molecular flexibility index (Phi) is 22.1. The van der Waals surface area contributed by atoms with E-state index >= 15 is 30.9 Å². The van der Waals surface area contributed by atoms with E-state index in [0.717, 1.165) is 98.7 Å². The molecule has 0 spiro atoms. The maximum Gasteiger partial charge on any atom is 0.480 e. The number of hydrogen-bond acceptors (Lipinski definition) is 19. The van der Waals surface area contributed by atoms with Crippen molar-refractivity contribution in [3.8, 4) is 33.8 Å². The average molecular weight is 1730 g/mol. The number of fused-ring (bicyclic) bond motifs is 3. The molecular formula is C66H48F15N12O13PS6. The number of aromatic nitrogens is 9. The molecule has 9 heterocycles. The van der Waals surface area contributed by atoms with Crippen LogP contribution in [0.2, 0.25) is 0 Å². The molecule has 12 aromatic rings. The summed E-state index contributed by atoms with van der Waals surface area (Å²) in [7, 11) is 1.12. The van der Waals surface area contributed by atoms with E-state index in [1.54, 1.807) is 0 Å². The number of amides is 3. The van der Waals surface area contributed by atoms with E-state index in [-0.39, 0.29) is 80.2 Å². The molecule has 0 aliphatic carbocycles. The zero-order valence-electron chi connectivity index (χ0n) is 58.7. The molecule has 0 bridgehead atoms. The van der Waals surface area contributed by atoms with Crippen LogP contribution in [0.1, 0.15) is 48.0 Å². The van der Waals surface area contributed by atoms with E-state index in [0.29, 0.717) is 65.9 Å². The van der Waals surface area contributed by atoms with Gasteiger partial charge in [0, 0.05) is 89.7 Å². The minimum Gasteiger partial charge on any atom is -0.292 e. The molecule has 25 nitrogen and oxygen atoms in total. The number of phosphoric acid groups is 1. The van der Waals surface area contributed by atoms with Crippen LogP contribution in [-0.2, 0) is 133 Å². The molecule has 0 saturated heterocycles. The number of alkyl halides is 9. The van der Waals surface area contributed by atoms with E-state index in [2.05, 4.69) is 15.0 Å². The van der Waals surface area contributed by atoms with Crippen LogP contribution in [0.25, 0.3) is 64.4 Å². The number of carbonyl (C=O) groups is 3. The highest BCUT2D eigenvalue weighted by molar-refractivity contribution is 7.48. The second-order valence-corrected chi connectivity index (χ2v) is 32.5. The molecule has 0 saturated carbocycles. The third kappa shape index (κ3) is 15.1. The minimum absolute atomic E-state index is 0.00959. The molecule has 3 aromatic carbocycles. The number of rotatable bonds is 18. The highest BCUT2D eigenvalue weighted by Crippen LogP contribution is 2.52. The fourth-order valence-corrected chi connectivity index (χ4v) is 19.1. The van der Waals surface area contributed by atoms with Gasteiger partial charge >= 0.3 is 43.4 Å². The predicted molar refractivity (Wildman–Crippen MR) is 383 cm³/mol. The first-order valence-corrected chi connectivity index (χ1v) is 38.3. The van der Waals surface area contributed by atoms with E-state index in [9.17, 15) is 82.7 Å².